The van der Waals surface area contributed by atoms with Crippen LogP contribution in [0.5, 0.6) is 0 Å². The van der Waals surface area contributed by atoms with Gasteiger partial charge in [-0.05, 0) is 57.2 Å². The topological polar surface area (TPSA) is 59.8 Å². The number of aromatic nitrogens is 3. The number of aryl methyl sites for hydroxylation is 1. The molecule has 4 aromatic rings. The Morgan fingerprint density at radius 1 is 1.19 bits per heavy atom. The summed E-state index contributed by atoms with van der Waals surface area (Å²) in [5, 5.41) is 10.6. The van der Waals surface area contributed by atoms with Crippen LogP contribution in [-0.2, 0) is 5.75 Å². The molecule has 1 unspecified atom stereocenters. The van der Waals surface area contributed by atoms with Crippen LogP contribution in [0, 0.1) is 19.7 Å². The Hall–Kier alpha value is -2.97. The number of thioether (sulfide) groups is 1. The molecule has 0 aliphatic rings. The number of benzene rings is 2. The molecule has 32 heavy (non-hydrogen) atoms. The third kappa shape index (κ3) is 4.92. The second kappa shape index (κ2) is 9.67. The van der Waals surface area contributed by atoms with Gasteiger partial charge in [-0.3, -0.25) is 4.79 Å². The highest BCUT2D eigenvalue weighted by atomic mass is 32.2. The van der Waals surface area contributed by atoms with Crippen LogP contribution in [0.3, 0.4) is 0 Å². The Kier molecular flexibility index (Phi) is 6.72. The molecule has 4 rings (SSSR count). The van der Waals surface area contributed by atoms with Crippen LogP contribution in [0.1, 0.15) is 45.3 Å². The van der Waals surface area contributed by atoms with Crippen molar-refractivity contribution in [1.82, 2.24) is 20.1 Å². The van der Waals surface area contributed by atoms with Crippen molar-refractivity contribution in [3.05, 3.63) is 93.4 Å². The molecule has 0 aliphatic carbocycles. The standard InChI is InChI=1S/C24H23FN4OS2/c1-15(22-12-26-29(16(22)2)20-10-8-18(25)9-11-20)27-24(30)21-6-4-5-7-23(21)32-14-19-13-31-17(3)28-19/h4-13,15H,14H2,1-3H3,(H,27,30). The molecule has 0 fully saturated rings. The zero-order chi connectivity index (χ0) is 22.7. The number of halogens is 1. The van der Waals surface area contributed by atoms with Crippen molar-refractivity contribution in [3.63, 3.8) is 0 Å². The summed E-state index contributed by atoms with van der Waals surface area (Å²) in [6.07, 6.45) is 1.74. The van der Waals surface area contributed by atoms with Crippen LogP contribution < -0.4 is 5.32 Å². The van der Waals surface area contributed by atoms with E-state index in [4.69, 9.17) is 0 Å². The van der Waals surface area contributed by atoms with E-state index in [9.17, 15) is 9.18 Å². The first-order chi connectivity index (χ1) is 15.4. The normalized spacial score (nSPS) is 12.0. The fraction of sp³-hybridized carbons (Fsp3) is 0.208. The number of rotatable bonds is 7. The first-order valence-electron chi connectivity index (χ1n) is 10.2. The minimum Gasteiger partial charge on any atom is -0.345 e. The number of carbonyl (C=O) groups is 1. The summed E-state index contributed by atoms with van der Waals surface area (Å²) in [6, 6.07) is 13.5. The number of amides is 1. The Labute approximate surface area is 194 Å². The lowest BCUT2D eigenvalue weighted by Gasteiger charge is -2.16. The second-order valence-electron chi connectivity index (χ2n) is 7.41. The molecule has 2 aromatic carbocycles. The largest absolute Gasteiger partial charge is 0.345 e. The summed E-state index contributed by atoms with van der Waals surface area (Å²) in [4.78, 5) is 18.5. The van der Waals surface area contributed by atoms with Crippen LogP contribution in [0.2, 0.25) is 0 Å². The Morgan fingerprint density at radius 3 is 2.66 bits per heavy atom. The van der Waals surface area contributed by atoms with E-state index < -0.39 is 0 Å². The second-order valence-corrected chi connectivity index (χ2v) is 9.49. The molecule has 2 heterocycles. The molecular formula is C24H23FN4OS2. The number of carbonyl (C=O) groups excluding carboxylic acids is 1. The van der Waals surface area contributed by atoms with Gasteiger partial charge in [0.05, 0.1) is 34.2 Å². The highest BCUT2D eigenvalue weighted by Crippen LogP contribution is 2.28. The maximum Gasteiger partial charge on any atom is 0.252 e. The Morgan fingerprint density at radius 2 is 1.94 bits per heavy atom. The summed E-state index contributed by atoms with van der Waals surface area (Å²) in [7, 11) is 0. The predicted octanol–water partition coefficient (Wildman–Crippen LogP) is 5.87. The Balaban J connectivity index is 1.48. The minimum absolute atomic E-state index is 0.135. The van der Waals surface area contributed by atoms with Crippen LogP contribution in [0.4, 0.5) is 4.39 Å². The van der Waals surface area contributed by atoms with Crippen LogP contribution in [-0.4, -0.2) is 20.7 Å². The fourth-order valence-corrected chi connectivity index (χ4v) is 5.11. The SMILES string of the molecule is Cc1nc(CSc2ccccc2C(=O)NC(C)c2cnn(-c3ccc(F)cc3)c2C)cs1. The molecule has 2 aromatic heterocycles. The average molecular weight is 467 g/mol. The lowest BCUT2D eigenvalue weighted by atomic mass is 10.1. The zero-order valence-electron chi connectivity index (χ0n) is 18.0. The molecule has 1 N–H and O–H groups in total. The van der Waals surface area contributed by atoms with Gasteiger partial charge in [0.15, 0.2) is 0 Å². The maximum absolute atomic E-state index is 13.2. The highest BCUT2D eigenvalue weighted by molar-refractivity contribution is 7.98. The van der Waals surface area contributed by atoms with E-state index in [-0.39, 0.29) is 17.8 Å². The molecule has 164 valence electrons. The highest BCUT2D eigenvalue weighted by Gasteiger charge is 2.19. The summed E-state index contributed by atoms with van der Waals surface area (Å²) < 4.78 is 15.0. The molecule has 0 bridgehead atoms. The van der Waals surface area contributed by atoms with Crippen molar-refractivity contribution in [3.8, 4) is 5.69 Å². The van der Waals surface area contributed by atoms with Crippen molar-refractivity contribution in [2.45, 2.75) is 37.5 Å². The van der Waals surface area contributed by atoms with Gasteiger partial charge in [0.2, 0.25) is 0 Å². The van der Waals surface area contributed by atoms with Crippen molar-refractivity contribution in [2.24, 2.45) is 0 Å². The van der Waals surface area contributed by atoms with Gasteiger partial charge in [0.25, 0.3) is 5.91 Å². The van der Waals surface area contributed by atoms with Gasteiger partial charge in [0, 0.05) is 27.3 Å². The van der Waals surface area contributed by atoms with E-state index >= 15 is 0 Å². The smallest absolute Gasteiger partial charge is 0.252 e. The average Bonchev–Trinajstić information content (AvgIpc) is 3.38. The molecule has 0 aliphatic heterocycles. The molecule has 1 amide bonds. The molecule has 0 saturated carbocycles. The number of hydrogen-bond acceptors (Lipinski definition) is 5. The number of hydrogen-bond donors (Lipinski definition) is 1. The fourth-order valence-electron chi connectivity index (χ4n) is 3.45. The van der Waals surface area contributed by atoms with E-state index in [1.165, 1.54) is 12.1 Å². The van der Waals surface area contributed by atoms with Gasteiger partial charge in [-0.25, -0.2) is 14.1 Å². The zero-order valence-corrected chi connectivity index (χ0v) is 19.6. The third-order valence-electron chi connectivity index (χ3n) is 5.11. The first-order valence-corrected chi connectivity index (χ1v) is 12.0. The quantitative estimate of drug-likeness (QED) is 0.346. The van der Waals surface area contributed by atoms with Crippen molar-refractivity contribution in [2.75, 3.05) is 0 Å². The van der Waals surface area contributed by atoms with Crippen molar-refractivity contribution >= 4 is 29.0 Å². The van der Waals surface area contributed by atoms with Gasteiger partial charge in [0.1, 0.15) is 5.82 Å². The van der Waals surface area contributed by atoms with Crippen LogP contribution in [0.25, 0.3) is 5.69 Å². The van der Waals surface area contributed by atoms with Gasteiger partial charge < -0.3 is 5.32 Å². The summed E-state index contributed by atoms with van der Waals surface area (Å²) in [5.74, 6) is 0.290. The molecule has 0 spiro atoms. The predicted molar refractivity (Wildman–Crippen MR) is 127 cm³/mol. The number of nitrogens with one attached hydrogen (secondary N) is 1. The molecule has 1 atom stereocenters. The van der Waals surface area contributed by atoms with E-state index in [0.29, 0.717) is 11.3 Å². The lowest BCUT2D eigenvalue weighted by Crippen LogP contribution is -2.27. The minimum atomic E-state index is -0.291. The maximum atomic E-state index is 13.2. The molecular weight excluding hydrogens is 443 g/mol. The summed E-state index contributed by atoms with van der Waals surface area (Å²) >= 11 is 3.23. The first kappa shape index (κ1) is 22.2. The molecule has 5 nitrogen and oxygen atoms in total. The van der Waals surface area contributed by atoms with Gasteiger partial charge in [-0.15, -0.1) is 23.1 Å². The number of nitrogens with zero attached hydrogens (tertiary/aromatic N) is 3. The van der Waals surface area contributed by atoms with E-state index in [0.717, 1.165) is 32.5 Å². The molecule has 0 radical (unpaired) electrons. The van der Waals surface area contributed by atoms with E-state index in [2.05, 4.69) is 20.8 Å². The monoisotopic (exact) mass is 466 g/mol. The van der Waals surface area contributed by atoms with Gasteiger partial charge in [-0.1, -0.05) is 12.1 Å². The van der Waals surface area contributed by atoms with Crippen molar-refractivity contribution in [1.29, 1.82) is 0 Å². The van der Waals surface area contributed by atoms with Crippen LogP contribution in [0.15, 0.2) is 65.0 Å². The summed E-state index contributed by atoms with van der Waals surface area (Å²) in [6.45, 7) is 5.86. The van der Waals surface area contributed by atoms with Crippen LogP contribution >= 0.6 is 23.1 Å². The van der Waals surface area contributed by atoms with E-state index in [1.54, 1.807) is 46.1 Å². The Bertz CT molecular complexity index is 1230. The van der Waals surface area contributed by atoms with Gasteiger partial charge in [-0.2, -0.15) is 5.10 Å². The molecule has 8 heteroatoms. The van der Waals surface area contributed by atoms with Crippen molar-refractivity contribution < 1.29 is 9.18 Å². The summed E-state index contributed by atoms with van der Waals surface area (Å²) in [5.41, 5.74) is 4.23. The lowest BCUT2D eigenvalue weighted by molar-refractivity contribution is 0.0937. The third-order valence-corrected chi connectivity index (χ3v) is 7.04. The van der Waals surface area contributed by atoms with E-state index in [1.807, 2.05) is 45.0 Å². The number of thiazole rings is 1. The van der Waals surface area contributed by atoms with Gasteiger partial charge >= 0.3 is 0 Å². The molecule has 0 saturated heterocycles.